The zero-order valence-corrected chi connectivity index (χ0v) is 27.1. The third-order valence-electron chi connectivity index (χ3n) is 7.86. The molecule has 0 aromatic heterocycles. The fourth-order valence-corrected chi connectivity index (χ4v) is 6.26. The van der Waals surface area contributed by atoms with E-state index in [2.05, 4.69) is 16.1 Å². The van der Waals surface area contributed by atoms with Gasteiger partial charge in [0.25, 0.3) is 0 Å². The zero-order valence-electron chi connectivity index (χ0n) is 26.3. The summed E-state index contributed by atoms with van der Waals surface area (Å²) < 4.78 is 37.2. The van der Waals surface area contributed by atoms with Gasteiger partial charge >= 0.3 is 6.09 Å². The van der Waals surface area contributed by atoms with Crippen molar-refractivity contribution in [2.45, 2.75) is 102 Å². The van der Waals surface area contributed by atoms with E-state index in [0.29, 0.717) is 29.0 Å². The molecule has 3 N–H and O–H groups in total. The highest BCUT2D eigenvalue weighted by atomic mass is 32.2. The molecule has 1 saturated carbocycles. The number of anilines is 1. The highest BCUT2D eigenvalue weighted by molar-refractivity contribution is 7.90. The summed E-state index contributed by atoms with van der Waals surface area (Å²) in [5.41, 5.74) is -0.300. The van der Waals surface area contributed by atoms with Gasteiger partial charge in [0.2, 0.25) is 5.91 Å². The van der Waals surface area contributed by atoms with Crippen LogP contribution in [0.15, 0.2) is 42.5 Å². The van der Waals surface area contributed by atoms with Crippen molar-refractivity contribution in [1.29, 1.82) is 5.26 Å². The van der Waals surface area contributed by atoms with Gasteiger partial charge in [-0.15, -0.1) is 4.72 Å². The quantitative estimate of drug-likeness (QED) is 0.313. The molecule has 4 rings (SSSR count). The molecule has 11 heteroatoms. The molecule has 1 aliphatic heterocycles. The van der Waals surface area contributed by atoms with Crippen LogP contribution in [0, 0.1) is 23.1 Å². The third-order valence-corrected chi connectivity index (χ3v) is 9.51. The van der Waals surface area contributed by atoms with Crippen LogP contribution in [0.2, 0.25) is 0 Å². The number of carbonyl (C=O) groups is 2. The average molecular weight is 627 g/mol. The summed E-state index contributed by atoms with van der Waals surface area (Å²) in [6.45, 7) is 10.6. The van der Waals surface area contributed by atoms with Gasteiger partial charge in [0.1, 0.15) is 27.7 Å². The molecule has 1 heterocycles. The fraction of sp³-hybridized carbons (Fsp3) is 0.545. The molecule has 2 amide bonds. The SMILES string of the molecule is CC(C)(C)OC(=O)N1C[C@H](O)C[C@@H]1C(=O)Nc1cc(C(CCC2CC2)(N[S+]([O-])C(C)(C)C)c2cccc(C#N)c2)ccc1F. The lowest BCUT2D eigenvalue weighted by atomic mass is 9.79. The van der Waals surface area contributed by atoms with Gasteiger partial charge in [-0.3, -0.25) is 9.69 Å². The second-order valence-corrected chi connectivity index (χ2v) is 15.8. The van der Waals surface area contributed by atoms with Gasteiger partial charge in [-0.05, 0) is 95.7 Å². The Morgan fingerprint density at radius 1 is 1.14 bits per heavy atom. The number of β-amino-alcohol motifs (C(OH)–C–C–N with tert-alkyl or cyclic N) is 1. The van der Waals surface area contributed by atoms with Crippen molar-refractivity contribution >= 4 is 29.0 Å². The van der Waals surface area contributed by atoms with Crippen molar-refractivity contribution in [2.75, 3.05) is 11.9 Å². The number of rotatable bonds is 9. The minimum absolute atomic E-state index is 0.0230. The predicted octanol–water partition coefficient (Wildman–Crippen LogP) is 5.49. The lowest BCUT2D eigenvalue weighted by molar-refractivity contribution is -0.120. The van der Waals surface area contributed by atoms with Crippen LogP contribution in [0.3, 0.4) is 0 Å². The Labute approximate surface area is 262 Å². The van der Waals surface area contributed by atoms with E-state index < -0.39 is 57.2 Å². The van der Waals surface area contributed by atoms with Crippen LogP contribution >= 0.6 is 0 Å². The van der Waals surface area contributed by atoms with Gasteiger partial charge in [-0.1, -0.05) is 31.0 Å². The van der Waals surface area contributed by atoms with Crippen molar-refractivity contribution < 1.29 is 28.4 Å². The number of aliphatic hydroxyl groups excluding tert-OH is 1. The maximum absolute atomic E-state index is 15.4. The number of ether oxygens (including phenoxy) is 1. The third kappa shape index (κ3) is 8.10. The van der Waals surface area contributed by atoms with Crippen molar-refractivity contribution in [3.05, 3.63) is 65.0 Å². The Hall–Kier alpha value is -3.17. The largest absolute Gasteiger partial charge is 0.598 e. The zero-order chi connectivity index (χ0) is 32.4. The lowest BCUT2D eigenvalue weighted by Crippen LogP contribution is -2.52. The molecule has 2 fully saturated rings. The number of nitrogens with one attached hydrogen (secondary N) is 2. The number of benzene rings is 2. The molecule has 2 aliphatic rings. The summed E-state index contributed by atoms with van der Waals surface area (Å²) >= 11 is -1.56. The molecular weight excluding hydrogens is 583 g/mol. The van der Waals surface area contributed by atoms with Crippen LogP contribution in [0.25, 0.3) is 0 Å². The predicted molar refractivity (Wildman–Crippen MR) is 167 cm³/mol. The van der Waals surface area contributed by atoms with Crippen LogP contribution in [-0.4, -0.2) is 55.6 Å². The van der Waals surface area contributed by atoms with E-state index >= 15 is 4.39 Å². The molecule has 0 bridgehead atoms. The molecule has 238 valence electrons. The highest BCUT2D eigenvalue weighted by Gasteiger charge is 2.44. The Bertz CT molecular complexity index is 1410. The van der Waals surface area contributed by atoms with Crippen LogP contribution in [0.5, 0.6) is 0 Å². The van der Waals surface area contributed by atoms with E-state index in [1.807, 2.05) is 26.8 Å². The van der Waals surface area contributed by atoms with Crippen molar-refractivity contribution in [3.8, 4) is 6.07 Å². The van der Waals surface area contributed by atoms with E-state index in [9.17, 15) is 24.5 Å². The number of aliphatic hydroxyl groups is 1. The smallest absolute Gasteiger partial charge is 0.411 e. The second-order valence-electron chi connectivity index (χ2n) is 13.8. The van der Waals surface area contributed by atoms with Gasteiger partial charge in [0.15, 0.2) is 0 Å². The van der Waals surface area contributed by atoms with Crippen LogP contribution in [0.4, 0.5) is 14.9 Å². The first-order valence-electron chi connectivity index (χ1n) is 15.0. The van der Waals surface area contributed by atoms with Gasteiger partial charge in [-0.25, -0.2) is 9.18 Å². The standard InChI is InChI=1S/C33H43FN4O5S/c1-31(2,3)43-30(41)38-20-25(39)18-28(38)29(40)36-27-17-24(12-13-26(27)34)33(15-14-21-10-11-21,37-44(42)32(4,5)6)23-9-7-8-22(16-23)19-35/h7-9,12-13,16-17,21,25,28,37,39H,10-11,14-15,18,20H2,1-6H3,(H,36,40)/t25-,28-,33?,44?/m1/s1. The van der Waals surface area contributed by atoms with Gasteiger partial charge in [0.05, 0.1) is 30.0 Å². The molecular formula is C33H43FN4O5S. The van der Waals surface area contributed by atoms with Crippen molar-refractivity contribution in [2.24, 2.45) is 5.92 Å². The minimum Gasteiger partial charge on any atom is -0.598 e. The number of hydrogen-bond donors (Lipinski definition) is 3. The number of amides is 2. The van der Waals surface area contributed by atoms with Gasteiger partial charge in [-0.2, -0.15) is 5.26 Å². The molecule has 0 spiro atoms. The first-order valence-corrected chi connectivity index (χ1v) is 16.2. The minimum atomic E-state index is -1.56. The number of hydrogen-bond acceptors (Lipinski definition) is 7. The molecule has 9 nitrogen and oxygen atoms in total. The number of nitriles is 1. The maximum atomic E-state index is 15.4. The second kappa shape index (κ2) is 13.1. The maximum Gasteiger partial charge on any atom is 0.411 e. The first kappa shape index (κ1) is 33.7. The molecule has 2 aromatic carbocycles. The summed E-state index contributed by atoms with van der Waals surface area (Å²) in [5.74, 6) is -0.835. The normalized spacial score (nSPS) is 20.9. The molecule has 2 unspecified atom stereocenters. The Balaban J connectivity index is 1.74. The van der Waals surface area contributed by atoms with E-state index in [4.69, 9.17) is 4.74 Å². The first-order chi connectivity index (χ1) is 20.5. The molecule has 44 heavy (non-hydrogen) atoms. The molecule has 2 aromatic rings. The summed E-state index contributed by atoms with van der Waals surface area (Å²) in [5, 5.41) is 22.6. The molecule has 0 radical (unpaired) electrons. The van der Waals surface area contributed by atoms with Crippen LogP contribution < -0.4 is 10.0 Å². The van der Waals surface area contributed by atoms with Crippen LogP contribution in [-0.2, 0) is 26.4 Å². The Kier molecular flexibility index (Phi) is 10.0. The van der Waals surface area contributed by atoms with Gasteiger partial charge < -0.3 is 19.7 Å². The van der Waals surface area contributed by atoms with E-state index in [0.717, 1.165) is 24.2 Å². The monoisotopic (exact) mass is 626 g/mol. The summed E-state index contributed by atoms with van der Waals surface area (Å²) in [6.07, 6.45) is 1.84. The van der Waals surface area contributed by atoms with Crippen LogP contribution in [0.1, 0.15) is 90.3 Å². The molecule has 1 aliphatic carbocycles. The van der Waals surface area contributed by atoms with E-state index in [-0.39, 0.29) is 18.7 Å². The number of halogens is 1. The topological polar surface area (TPSA) is 138 Å². The van der Waals surface area contributed by atoms with Gasteiger partial charge in [0, 0.05) is 17.8 Å². The molecule has 4 atom stereocenters. The fourth-order valence-electron chi connectivity index (χ4n) is 5.30. The van der Waals surface area contributed by atoms with Crippen molar-refractivity contribution in [1.82, 2.24) is 9.62 Å². The van der Waals surface area contributed by atoms with Crippen molar-refractivity contribution in [3.63, 3.8) is 0 Å². The van der Waals surface area contributed by atoms with E-state index in [1.165, 1.54) is 12.1 Å². The highest BCUT2D eigenvalue weighted by Crippen LogP contribution is 2.43. The lowest BCUT2D eigenvalue weighted by Gasteiger charge is -2.39. The summed E-state index contributed by atoms with van der Waals surface area (Å²) in [6, 6.07) is 12.6. The Morgan fingerprint density at radius 3 is 2.43 bits per heavy atom. The summed E-state index contributed by atoms with van der Waals surface area (Å²) in [4.78, 5) is 27.5. The Morgan fingerprint density at radius 2 is 1.82 bits per heavy atom. The number of nitrogens with zero attached hydrogens (tertiary/aromatic N) is 2. The number of likely N-dealkylation sites (tertiary alicyclic amines) is 1. The number of carbonyl (C=O) groups excluding carboxylic acids is 2. The molecule has 1 saturated heterocycles. The summed E-state index contributed by atoms with van der Waals surface area (Å²) in [7, 11) is 0. The average Bonchev–Trinajstić information content (AvgIpc) is 3.69. The van der Waals surface area contributed by atoms with E-state index in [1.54, 1.807) is 45.0 Å².